The second-order valence-corrected chi connectivity index (χ2v) is 9.10. The molecule has 0 aliphatic carbocycles. The van der Waals surface area contributed by atoms with E-state index in [0.29, 0.717) is 36.6 Å². The maximum atomic E-state index is 12.8. The molecular weight excluding hydrogens is 402 g/mol. The normalized spacial score (nSPS) is 18.6. The molecule has 2 aliphatic heterocycles. The highest BCUT2D eigenvalue weighted by Crippen LogP contribution is 2.28. The van der Waals surface area contributed by atoms with Gasteiger partial charge in [-0.15, -0.1) is 0 Å². The van der Waals surface area contributed by atoms with E-state index in [2.05, 4.69) is 22.2 Å². The highest BCUT2D eigenvalue weighted by molar-refractivity contribution is 7.22. The number of nitrogens with one attached hydrogen (secondary N) is 1. The molecule has 0 bridgehead atoms. The van der Waals surface area contributed by atoms with E-state index >= 15 is 0 Å². The van der Waals surface area contributed by atoms with E-state index in [-0.39, 0.29) is 23.6 Å². The van der Waals surface area contributed by atoms with Crippen LogP contribution in [-0.4, -0.2) is 83.7 Å². The van der Waals surface area contributed by atoms with Gasteiger partial charge in [0, 0.05) is 57.7 Å². The third-order valence-corrected chi connectivity index (χ3v) is 6.90. The third-order valence-electron chi connectivity index (χ3n) is 5.97. The van der Waals surface area contributed by atoms with Gasteiger partial charge in [0.25, 0.3) is 5.91 Å². The van der Waals surface area contributed by atoms with Crippen molar-refractivity contribution in [3.63, 3.8) is 0 Å². The van der Waals surface area contributed by atoms with E-state index in [9.17, 15) is 14.4 Å². The standard InChI is InChI=1S/C21H27N5O3S/c1-14(27)25-7-5-15(6-8-25)19(28)23-21-22-17-4-3-16(13-18(17)30-21)20(29)26-11-9-24(2)10-12-26/h3-4,13,15H,5-12H2,1-2H3,(H,22,23,28). The molecule has 1 aromatic carbocycles. The van der Waals surface area contributed by atoms with Gasteiger partial charge < -0.3 is 20.0 Å². The van der Waals surface area contributed by atoms with Crippen LogP contribution in [-0.2, 0) is 9.59 Å². The minimum absolute atomic E-state index is 0.0428. The summed E-state index contributed by atoms with van der Waals surface area (Å²) in [5, 5.41) is 3.48. The van der Waals surface area contributed by atoms with Crippen LogP contribution < -0.4 is 5.32 Å². The van der Waals surface area contributed by atoms with Gasteiger partial charge in [-0.3, -0.25) is 14.4 Å². The molecule has 1 N–H and O–H groups in total. The highest BCUT2D eigenvalue weighted by Gasteiger charge is 2.27. The number of likely N-dealkylation sites (tertiary alicyclic amines) is 1. The summed E-state index contributed by atoms with van der Waals surface area (Å²) in [4.78, 5) is 47.3. The topological polar surface area (TPSA) is 85.8 Å². The number of benzene rings is 1. The third kappa shape index (κ3) is 4.46. The number of fused-ring (bicyclic) bond motifs is 1. The number of carbonyl (C=O) groups is 3. The first-order valence-corrected chi connectivity index (χ1v) is 11.2. The summed E-state index contributed by atoms with van der Waals surface area (Å²) in [5.41, 5.74) is 1.43. The summed E-state index contributed by atoms with van der Waals surface area (Å²) in [6, 6.07) is 5.52. The van der Waals surface area contributed by atoms with Crippen molar-refractivity contribution in [1.29, 1.82) is 0 Å². The fraction of sp³-hybridized carbons (Fsp3) is 0.524. The number of piperazine rings is 1. The zero-order valence-electron chi connectivity index (χ0n) is 17.4. The van der Waals surface area contributed by atoms with Crippen LogP contribution in [0.3, 0.4) is 0 Å². The van der Waals surface area contributed by atoms with Crippen LogP contribution in [0.15, 0.2) is 18.2 Å². The molecule has 0 atom stereocenters. The van der Waals surface area contributed by atoms with Gasteiger partial charge in [-0.25, -0.2) is 4.98 Å². The minimum atomic E-state index is -0.109. The molecule has 2 aliphatic rings. The second-order valence-electron chi connectivity index (χ2n) is 8.07. The van der Waals surface area contributed by atoms with Gasteiger partial charge in [0.2, 0.25) is 11.8 Å². The van der Waals surface area contributed by atoms with E-state index in [4.69, 9.17) is 0 Å². The molecule has 0 unspecified atom stereocenters. The maximum Gasteiger partial charge on any atom is 0.253 e. The molecule has 2 aromatic rings. The summed E-state index contributed by atoms with van der Waals surface area (Å²) >= 11 is 1.39. The van der Waals surface area contributed by atoms with Crippen molar-refractivity contribution in [2.45, 2.75) is 19.8 Å². The van der Waals surface area contributed by atoms with Crippen molar-refractivity contribution < 1.29 is 14.4 Å². The van der Waals surface area contributed by atoms with Crippen LogP contribution in [0.5, 0.6) is 0 Å². The molecule has 2 saturated heterocycles. The van der Waals surface area contributed by atoms with Gasteiger partial charge in [0.05, 0.1) is 10.2 Å². The van der Waals surface area contributed by atoms with Crippen molar-refractivity contribution in [2.24, 2.45) is 5.92 Å². The molecule has 8 nitrogen and oxygen atoms in total. The summed E-state index contributed by atoms with van der Waals surface area (Å²) in [7, 11) is 2.06. The van der Waals surface area contributed by atoms with Crippen molar-refractivity contribution in [3.8, 4) is 0 Å². The fourth-order valence-electron chi connectivity index (χ4n) is 3.97. The van der Waals surface area contributed by atoms with E-state index in [1.165, 1.54) is 11.3 Å². The maximum absolute atomic E-state index is 12.8. The van der Waals surface area contributed by atoms with Gasteiger partial charge in [0.1, 0.15) is 0 Å². The number of carbonyl (C=O) groups excluding carboxylic acids is 3. The molecule has 0 radical (unpaired) electrons. The predicted octanol–water partition coefficient (Wildman–Crippen LogP) is 1.88. The number of thiazole rings is 1. The Morgan fingerprint density at radius 3 is 2.40 bits per heavy atom. The molecule has 1 aromatic heterocycles. The van der Waals surface area contributed by atoms with Crippen molar-refractivity contribution in [3.05, 3.63) is 23.8 Å². The number of likely N-dealkylation sites (N-methyl/N-ethyl adjacent to an activating group) is 1. The molecule has 3 amide bonds. The highest BCUT2D eigenvalue weighted by atomic mass is 32.1. The summed E-state index contributed by atoms with van der Waals surface area (Å²) in [6.07, 6.45) is 1.33. The van der Waals surface area contributed by atoms with E-state index in [0.717, 1.165) is 36.4 Å². The molecule has 3 heterocycles. The van der Waals surface area contributed by atoms with Gasteiger partial charge >= 0.3 is 0 Å². The Bertz CT molecular complexity index is 959. The van der Waals surface area contributed by atoms with Crippen LogP contribution in [0.4, 0.5) is 5.13 Å². The fourth-order valence-corrected chi connectivity index (χ4v) is 4.88. The van der Waals surface area contributed by atoms with Gasteiger partial charge in [-0.2, -0.15) is 0 Å². The first-order chi connectivity index (χ1) is 14.4. The lowest BCUT2D eigenvalue weighted by molar-refractivity contribution is -0.132. The number of anilines is 1. The van der Waals surface area contributed by atoms with Gasteiger partial charge in [-0.05, 0) is 38.1 Å². The average molecular weight is 430 g/mol. The molecule has 4 rings (SSSR count). The lowest BCUT2D eigenvalue weighted by atomic mass is 9.96. The monoisotopic (exact) mass is 429 g/mol. The molecule has 0 saturated carbocycles. The summed E-state index contributed by atoms with van der Waals surface area (Å²) in [6.45, 7) is 6.03. The van der Waals surface area contributed by atoms with E-state index < -0.39 is 0 Å². The molecule has 30 heavy (non-hydrogen) atoms. The predicted molar refractivity (Wildman–Crippen MR) is 117 cm³/mol. The zero-order valence-corrected chi connectivity index (χ0v) is 18.2. The molecule has 9 heteroatoms. The largest absolute Gasteiger partial charge is 0.343 e. The first kappa shape index (κ1) is 20.7. The average Bonchev–Trinajstić information content (AvgIpc) is 3.15. The Balaban J connectivity index is 1.41. The Labute approximate surface area is 179 Å². The van der Waals surface area contributed by atoms with E-state index in [1.807, 2.05) is 23.1 Å². The lowest BCUT2D eigenvalue weighted by Gasteiger charge is -2.32. The number of amides is 3. The smallest absolute Gasteiger partial charge is 0.253 e. The summed E-state index contributed by atoms with van der Waals surface area (Å²) < 4.78 is 0.886. The van der Waals surface area contributed by atoms with Crippen LogP contribution in [0, 0.1) is 5.92 Å². The molecule has 160 valence electrons. The number of aromatic nitrogens is 1. The minimum Gasteiger partial charge on any atom is -0.343 e. The van der Waals surface area contributed by atoms with Gasteiger partial charge in [0.15, 0.2) is 5.13 Å². The van der Waals surface area contributed by atoms with Crippen molar-refractivity contribution >= 4 is 44.4 Å². The second kappa shape index (κ2) is 8.69. The molecular formula is C21H27N5O3S. The summed E-state index contributed by atoms with van der Waals surface area (Å²) in [5.74, 6) is -0.0591. The quantitative estimate of drug-likeness (QED) is 0.805. The van der Waals surface area contributed by atoms with Crippen LogP contribution in [0.2, 0.25) is 0 Å². The Kier molecular flexibility index (Phi) is 6.01. The number of rotatable bonds is 3. The van der Waals surface area contributed by atoms with E-state index in [1.54, 1.807) is 11.8 Å². The van der Waals surface area contributed by atoms with Crippen LogP contribution in [0.1, 0.15) is 30.1 Å². The SMILES string of the molecule is CC(=O)N1CCC(C(=O)Nc2nc3ccc(C(=O)N4CCN(C)CC4)cc3s2)CC1. The van der Waals surface area contributed by atoms with Gasteiger partial charge in [-0.1, -0.05) is 11.3 Å². The Morgan fingerprint density at radius 2 is 1.73 bits per heavy atom. The van der Waals surface area contributed by atoms with Crippen LogP contribution >= 0.6 is 11.3 Å². The first-order valence-electron chi connectivity index (χ1n) is 10.4. The molecule has 0 spiro atoms. The Hall–Kier alpha value is -2.52. The molecule has 2 fully saturated rings. The van der Waals surface area contributed by atoms with Crippen LogP contribution in [0.25, 0.3) is 10.2 Å². The lowest BCUT2D eigenvalue weighted by Crippen LogP contribution is -2.47. The number of hydrogen-bond donors (Lipinski definition) is 1. The zero-order chi connectivity index (χ0) is 21.3. The van der Waals surface area contributed by atoms with Crippen molar-refractivity contribution in [1.82, 2.24) is 19.7 Å². The number of piperidine rings is 1. The van der Waals surface area contributed by atoms with Crippen molar-refractivity contribution in [2.75, 3.05) is 51.6 Å². The number of nitrogens with zero attached hydrogens (tertiary/aromatic N) is 4. The number of hydrogen-bond acceptors (Lipinski definition) is 6. The Morgan fingerprint density at radius 1 is 1.03 bits per heavy atom.